The Bertz CT molecular complexity index is 450. The summed E-state index contributed by atoms with van der Waals surface area (Å²) >= 11 is 8.32. The second-order valence-electron chi connectivity index (χ2n) is 3.98. The summed E-state index contributed by atoms with van der Waals surface area (Å²) < 4.78 is 0.749. The van der Waals surface area contributed by atoms with Crippen molar-refractivity contribution in [1.29, 1.82) is 0 Å². The average molecular weight is 315 g/mol. The van der Waals surface area contributed by atoms with Gasteiger partial charge in [0.1, 0.15) is 0 Å². The highest BCUT2D eigenvalue weighted by Crippen LogP contribution is 2.18. The first-order valence-corrected chi connectivity index (χ1v) is 6.48. The van der Waals surface area contributed by atoms with Crippen LogP contribution in [0.2, 0.25) is 0 Å². The lowest BCUT2D eigenvalue weighted by Gasteiger charge is -2.28. The lowest BCUT2D eigenvalue weighted by Crippen LogP contribution is -2.54. The minimum atomic E-state index is -0.651. The van der Waals surface area contributed by atoms with Crippen molar-refractivity contribution in [3.63, 3.8) is 0 Å². The van der Waals surface area contributed by atoms with Crippen LogP contribution in [0.3, 0.4) is 0 Å². The second kappa shape index (κ2) is 5.60. The summed E-state index contributed by atoms with van der Waals surface area (Å²) in [6.45, 7) is 3.75. The number of carbonyl (C=O) groups excluding carboxylic acids is 1. The highest BCUT2D eigenvalue weighted by atomic mass is 79.9. The number of hydrogen-bond donors (Lipinski definition) is 2. The summed E-state index contributed by atoms with van der Waals surface area (Å²) in [5, 5.41) is 2.86. The molecule has 0 aliphatic heterocycles. The molecule has 1 unspecified atom stereocenters. The Morgan fingerprint density at radius 2 is 2.12 bits per heavy atom. The van der Waals surface area contributed by atoms with Gasteiger partial charge in [-0.05, 0) is 41.4 Å². The molecule has 0 aliphatic carbocycles. The minimum absolute atomic E-state index is 0.186. The molecule has 0 saturated carbocycles. The van der Waals surface area contributed by atoms with Crippen LogP contribution in [-0.2, 0) is 0 Å². The molecule has 92 valence electrons. The molecule has 1 aromatic rings. The van der Waals surface area contributed by atoms with Crippen LogP contribution in [0.25, 0.3) is 0 Å². The Kier molecular flexibility index (Phi) is 4.65. The number of amides is 1. The fraction of sp³-hybridized carbons (Fsp3) is 0.333. The summed E-state index contributed by atoms with van der Waals surface area (Å²) in [6.07, 6.45) is 0.651. The molecular formula is C12H15BrN2OS. The normalized spacial score (nSPS) is 13.8. The largest absolute Gasteiger partial charge is 0.391 e. The Morgan fingerprint density at radius 3 is 2.59 bits per heavy atom. The molecular weight excluding hydrogens is 300 g/mol. The fourth-order valence-electron chi connectivity index (χ4n) is 1.29. The van der Waals surface area contributed by atoms with E-state index < -0.39 is 5.54 Å². The first kappa shape index (κ1) is 14.1. The maximum atomic E-state index is 12.1. The summed E-state index contributed by atoms with van der Waals surface area (Å²) in [5.74, 6) is -0.186. The van der Waals surface area contributed by atoms with Crippen LogP contribution < -0.4 is 11.1 Å². The molecule has 1 aromatic carbocycles. The van der Waals surface area contributed by atoms with Gasteiger partial charge in [-0.15, -0.1) is 0 Å². The van der Waals surface area contributed by atoms with E-state index in [1.165, 1.54) is 0 Å². The Labute approximate surface area is 115 Å². The van der Waals surface area contributed by atoms with Gasteiger partial charge in [0.15, 0.2) is 0 Å². The molecule has 0 bridgehead atoms. The van der Waals surface area contributed by atoms with Gasteiger partial charge < -0.3 is 11.1 Å². The lowest BCUT2D eigenvalue weighted by molar-refractivity contribution is 0.0926. The number of nitrogens with one attached hydrogen (secondary N) is 1. The molecule has 1 amide bonds. The summed E-state index contributed by atoms with van der Waals surface area (Å²) in [7, 11) is 0. The zero-order chi connectivity index (χ0) is 13.1. The molecule has 0 saturated heterocycles. The highest BCUT2D eigenvalue weighted by Gasteiger charge is 2.28. The first-order chi connectivity index (χ1) is 7.90. The van der Waals surface area contributed by atoms with E-state index in [9.17, 15) is 4.79 Å². The van der Waals surface area contributed by atoms with E-state index >= 15 is 0 Å². The number of benzene rings is 1. The standard InChI is InChI=1S/C12H15BrN2OS/c1-3-12(2,11(14)17)15-10(16)8-6-4-5-7-9(8)13/h4-7H,3H2,1-2H3,(H2,14,17)(H,15,16). The van der Waals surface area contributed by atoms with Crippen LogP contribution >= 0.6 is 28.1 Å². The third-order valence-corrected chi connectivity index (χ3v) is 3.90. The number of hydrogen-bond acceptors (Lipinski definition) is 2. The molecule has 3 N–H and O–H groups in total. The van der Waals surface area contributed by atoms with E-state index in [4.69, 9.17) is 18.0 Å². The molecule has 0 aliphatic rings. The molecule has 5 heteroatoms. The van der Waals surface area contributed by atoms with Gasteiger partial charge in [-0.1, -0.05) is 31.3 Å². The Balaban J connectivity index is 2.93. The number of nitrogens with two attached hydrogens (primary N) is 1. The van der Waals surface area contributed by atoms with E-state index in [-0.39, 0.29) is 5.91 Å². The summed E-state index contributed by atoms with van der Waals surface area (Å²) in [5.41, 5.74) is 5.57. The smallest absolute Gasteiger partial charge is 0.253 e. The first-order valence-electron chi connectivity index (χ1n) is 5.27. The minimum Gasteiger partial charge on any atom is -0.391 e. The van der Waals surface area contributed by atoms with Crippen LogP contribution in [0.5, 0.6) is 0 Å². The van der Waals surface area contributed by atoms with E-state index in [0.29, 0.717) is 17.0 Å². The molecule has 0 radical (unpaired) electrons. The van der Waals surface area contributed by atoms with Gasteiger partial charge >= 0.3 is 0 Å². The van der Waals surface area contributed by atoms with Gasteiger partial charge in [0, 0.05) is 4.47 Å². The van der Waals surface area contributed by atoms with Gasteiger partial charge in [-0.3, -0.25) is 4.79 Å². The summed E-state index contributed by atoms with van der Waals surface area (Å²) in [6, 6.07) is 7.23. The quantitative estimate of drug-likeness (QED) is 0.840. The average Bonchev–Trinajstić information content (AvgIpc) is 2.29. The number of carbonyl (C=O) groups is 1. The Hall–Kier alpha value is -0.940. The van der Waals surface area contributed by atoms with Crippen molar-refractivity contribution in [3.8, 4) is 0 Å². The molecule has 0 heterocycles. The molecule has 0 aromatic heterocycles. The Morgan fingerprint density at radius 1 is 1.53 bits per heavy atom. The second-order valence-corrected chi connectivity index (χ2v) is 5.28. The van der Waals surface area contributed by atoms with Crippen molar-refractivity contribution >= 4 is 39.0 Å². The SMILES string of the molecule is CCC(C)(NC(=O)c1ccccc1Br)C(N)=S. The zero-order valence-corrected chi connectivity index (χ0v) is 12.2. The van der Waals surface area contributed by atoms with Crippen molar-refractivity contribution in [2.24, 2.45) is 5.73 Å². The molecule has 3 nitrogen and oxygen atoms in total. The van der Waals surface area contributed by atoms with E-state index in [1.807, 2.05) is 32.0 Å². The predicted molar refractivity (Wildman–Crippen MR) is 77.1 cm³/mol. The monoisotopic (exact) mass is 314 g/mol. The van der Waals surface area contributed by atoms with Gasteiger partial charge in [0.05, 0.1) is 16.1 Å². The third kappa shape index (κ3) is 3.26. The van der Waals surface area contributed by atoms with Gasteiger partial charge in [0.2, 0.25) is 0 Å². The van der Waals surface area contributed by atoms with Gasteiger partial charge in [-0.2, -0.15) is 0 Å². The maximum absolute atomic E-state index is 12.1. The number of halogens is 1. The third-order valence-electron chi connectivity index (χ3n) is 2.76. The molecule has 0 fully saturated rings. The van der Waals surface area contributed by atoms with Crippen molar-refractivity contribution in [2.45, 2.75) is 25.8 Å². The van der Waals surface area contributed by atoms with Crippen molar-refractivity contribution in [1.82, 2.24) is 5.32 Å². The lowest BCUT2D eigenvalue weighted by atomic mass is 9.98. The van der Waals surface area contributed by atoms with Crippen LogP contribution in [0.15, 0.2) is 28.7 Å². The van der Waals surface area contributed by atoms with Crippen molar-refractivity contribution in [2.75, 3.05) is 0 Å². The highest BCUT2D eigenvalue weighted by molar-refractivity contribution is 9.10. The van der Waals surface area contributed by atoms with Crippen molar-refractivity contribution in [3.05, 3.63) is 34.3 Å². The molecule has 1 atom stereocenters. The van der Waals surface area contributed by atoms with E-state index in [1.54, 1.807) is 6.07 Å². The van der Waals surface area contributed by atoms with Gasteiger partial charge in [0.25, 0.3) is 5.91 Å². The van der Waals surface area contributed by atoms with E-state index in [2.05, 4.69) is 21.2 Å². The predicted octanol–water partition coefficient (Wildman–Crippen LogP) is 2.63. The summed E-state index contributed by atoms with van der Waals surface area (Å²) in [4.78, 5) is 12.4. The fourth-order valence-corrected chi connectivity index (χ4v) is 1.95. The van der Waals surface area contributed by atoms with E-state index in [0.717, 1.165) is 4.47 Å². The van der Waals surface area contributed by atoms with Crippen LogP contribution in [0.1, 0.15) is 30.6 Å². The maximum Gasteiger partial charge on any atom is 0.253 e. The molecule has 1 rings (SSSR count). The van der Waals surface area contributed by atoms with Crippen LogP contribution in [0.4, 0.5) is 0 Å². The van der Waals surface area contributed by atoms with Gasteiger partial charge in [-0.25, -0.2) is 0 Å². The van der Waals surface area contributed by atoms with Crippen LogP contribution in [-0.4, -0.2) is 16.4 Å². The molecule has 17 heavy (non-hydrogen) atoms. The topological polar surface area (TPSA) is 55.1 Å². The van der Waals surface area contributed by atoms with Crippen molar-refractivity contribution < 1.29 is 4.79 Å². The van der Waals surface area contributed by atoms with Crippen LogP contribution in [0, 0.1) is 0 Å². The number of thiocarbonyl (C=S) groups is 1. The molecule has 0 spiro atoms. The zero-order valence-electron chi connectivity index (χ0n) is 9.79. The number of rotatable bonds is 4.